The molecule has 2 amide bonds. The van der Waals surface area contributed by atoms with Crippen LogP contribution in [0.4, 0.5) is 39.8 Å². The Hall–Kier alpha value is -7.80. The standard InChI is InChI=1S/C38H33N9O21S4/c1-18(50)39-19-2-8-24(30(14-19)70(58,59)60)40-42-26-16-29(68-13-11-49)27(17-28(26)67-12-10-48)43-44-32-31(71(61,62)63)15-23-22(35(32)51)7-9-25(36(23)72(64,65)66)41-45-33-34(38(53)54)46-47(37(33)52)20-3-5-21(6-4-20)69(55,56)57/h2-9,14-17,33,48-49,51H,10-13H2,1H3,(H,39,50)(H,53,54)(H,55,56,57)(H,58,59,60)(H,61,62,63)(H,64,65,66). The molecule has 5 aromatic carbocycles. The van der Waals surface area contributed by atoms with Gasteiger partial charge in [0.1, 0.15) is 67.8 Å². The zero-order valence-corrected chi connectivity index (χ0v) is 39.2. The Balaban J connectivity index is 1.45. The molecule has 72 heavy (non-hydrogen) atoms. The molecule has 0 saturated heterocycles. The number of aliphatic hydroxyl groups is 2. The predicted octanol–water partition coefficient (Wildman–Crippen LogP) is 4.00. The summed E-state index contributed by atoms with van der Waals surface area (Å²) >= 11 is 0. The van der Waals surface area contributed by atoms with E-state index < -0.39 is 155 Å². The Kier molecular flexibility index (Phi) is 15.5. The number of nitrogens with zero attached hydrogens (tertiary/aromatic N) is 8. The highest BCUT2D eigenvalue weighted by molar-refractivity contribution is 7.87. The first-order chi connectivity index (χ1) is 33.6. The molecule has 6 rings (SSSR count). The number of carboxylic acid groups (broad SMARTS) is 1. The normalized spacial score (nSPS) is 14.7. The number of hydrogen-bond acceptors (Lipinski definition) is 23. The molecule has 0 radical (unpaired) electrons. The maximum absolute atomic E-state index is 13.4. The summed E-state index contributed by atoms with van der Waals surface area (Å²) < 4.78 is 150. The van der Waals surface area contributed by atoms with E-state index in [9.17, 15) is 86.7 Å². The van der Waals surface area contributed by atoms with Crippen molar-refractivity contribution in [3.05, 3.63) is 72.8 Å². The van der Waals surface area contributed by atoms with Crippen molar-refractivity contribution < 1.29 is 96.2 Å². The number of anilines is 2. The zero-order valence-electron chi connectivity index (χ0n) is 35.9. The van der Waals surface area contributed by atoms with Crippen LogP contribution in [0.25, 0.3) is 10.8 Å². The minimum absolute atomic E-state index is 0.0367. The molecule has 0 spiro atoms. The summed E-state index contributed by atoms with van der Waals surface area (Å²) in [7, 11) is -20.8. The van der Waals surface area contributed by atoms with Gasteiger partial charge in [-0.25, -0.2) is 4.79 Å². The van der Waals surface area contributed by atoms with Crippen LogP contribution in [0.5, 0.6) is 17.2 Å². The number of benzene rings is 5. The second-order valence-electron chi connectivity index (χ2n) is 14.2. The molecule has 0 saturated carbocycles. The molecular weight excluding hydrogens is 1050 g/mol. The van der Waals surface area contributed by atoms with Gasteiger partial charge in [-0.3, -0.25) is 27.8 Å². The van der Waals surface area contributed by atoms with E-state index in [0.29, 0.717) is 11.1 Å². The largest absolute Gasteiger partial charge is 0.505 e. The molecule has 0 bridgehead atoms. The van der Waals surface area contributed by atoms with Crippen molar-refractivity contribution in [2.24, 2.45) is 35.8 Å². The molecule has 1 heterocycles. The Bertz CT molecular complexity index is 3650. The van der Waals surface area contributed by atoms with Crippen LogP contribution in [-0.4, -0.2) is 128 Å². The van der Waals surface area contributed by atoms with Crippen LogP contribution in [0.15, 0.2) is 128 Å². The van der Waals surface area contributed by atoms with Crippen LogP contribution in [0.3, 0.4) is 0 Å². The summed E-state index contributed by atoms with van der Waals surface area (Å²) in [6, 6.07) is 8.81. The summed E-state index contributed by atoms with van der Waals surface area (Å²) in [5.41, 5.74) is -4.41. The molecule has 1 atom stereocenters. The van der Waals surface area contributed by atoms with Gasteiger partial charge in [0, 0.05) is 35.5 Å². The van der Waals surface area contributed by atoms with Gasteiger partial charge in [-0.1, -0.05) is 0 Å². The lowest BCUT2D eigenvalue weighted by molar-refractivity contribution is -0.130. The SMILES string of the molecule is CC(=O)Nc1ccc(N=Nc2cc(OCCO)c(N=Nc3c(S(=O)(=O)O)cc4c(S(=O)(=O)O)c(N=NC5C(=O)N(c6ccc(S(=O)(=O)O)cc6)N=C5C(=O)O)ccc4c3O)cc2OCCO)c(S(=O)(=O)O)c1. The number of rotatable bonds is 19. The Morgan fingerprint density at radius 1 is 0.667 bits per heavy atom. The van der Waals surface area contributed by atoms with E-state index in [-0.39, 0.29) is 28.6 Å². The number of hydrogen-bond donors (Lipinski definition) is 9. The molecule has 0 fully saturated rings. The molecule has 34 heteroatoms. The molecule has 1 aliphatic heterocycles. The average Bonchev–Trinajstić information content (AvgIpc) is 3.62. The van der Waals surface area contributed by atoms with Gasteiger partial charge in [-0.15, -0.1) is 20.5 Å². The van der Waals surface area contributed by atoms with Gasteiger partial charge in [0.2, 0.25) is 11.9 Å². The molecule has 1 unspecified atom stereocenters. The highest BCUT2D eigenvalue weighted by Gasteiger charge is 2.41. The third-order valence-electron chi connectivity index (χ3n) is 9.31. The first-order valence-electron chi connectivity index (χ1n) is 19.4. The Morgan fingerprint density at radius 3 is 1.74 bits per heavy atom. The van der Waals surface area contributed by atoms with Crippen molar-refractivity contribution in [1.29, 1.82) is 0 Å². The number of fused-ring (bicyclic) bond motifs is 1. The molecule has 0 aliphatic carbocycles. The van der Waals surface area contributed by atoms with Gasteiger partial charge in [-0.2, -0.15) is 54.0 Å². The number of amides is 2. The number of aromatic hydroxyl groups is 1. The summed E-state index contributed by atoms with van der Waals surface area (Å²) in [6.07, 6.45) is 0. The van der Waals surface area contributed by atoms with Gasteiger partial charge in [0.05, 0.1) is 23.8 Å². The number of carbonyl (C=O) groups is 3. The van der Waals surface area contributed by atoms with Crippen LogP contribution < -0.4 is 19.8 Å². The molecule has 5 aromatic rings. The van der Waals surface area contributed by atoms with E-state index in [1.54, 1.807) is 0 Å². The maximum atomic E-state index is 13.4. The predicted molar refractivity (Wildman–Crippen MR) is 243 cm³/mol. The number of hydrazone groups is 1. The third-order valence-corrected chi connectivity index (χ3v) is 12.9. The second kappa shape index (κ2) is 20.9. The van der Waals surface area contributed by atoms with Gasteiger partial charge < -0.3 is 35.2 Å². The van der Waals surface area contributed by atoms with E-state index in [0.717, 1.165) is 67.6 Å². The van der Waals surface area contributed by atoms with Crippen molar-refractivity contribution in [3.63, 3.8) is 0 Å². The van der Waals surface area contributed by atoms with Crippen LogP contribution in [0.1, 0.15) is 6.92 Å². The molecule has 0 aromatic heterocycles. The molecule has 1 aliphatic rings. The number of aliphatic hydroxyl groups excluding tert-OH is 2. The maximum Gasteiger partial charge on any atom is 0.355 e. The van der Waals surface area contributed by atoms with Crippen molar-refractivity contribution in [3.8, 4) is 17.2 Å². The van der Waals surface area contributed by atoms with Crippen molar-refractivity contribution in [2.75, 3.05) is 36.8 Å². The molecular formula is C38H33N9O21S4. The topological polar surface area (TPSA) is 470 Å². The van der Waals surface area contributed by atoms with Crippen LogP contribution >= 0.6 is 0 Å². The second-order valence-corrected chi connectivity index (χ2v) is 19.8. The number of carboxylic acids is 1. The minimum atomic E-state index is -5.59. The zero-order chi connectivity index (χ0) is 53.1. The van der Waals surface area contributed by atoms with Gasteiger partial charge in [-0.05, 0) is 60.7 Å². The van der Waals surface area contributed by atoms with Crippen molar-refractivity contribution >= 4 is 115 Å². The summed E-state index contributed by atoms with van der Waals surface area (Å²) in [4.78, 5) is 32.9. The van der Waals surface area contributed by atoms with Crippen LogP contribution in [0, 0.1) is 0 Å². The number of aliphatic carboxylic acids is 1. The van der Waals surface area contributed by atoms with E-state index in [1.165, 1.54) is 6.07 Å². The Morgan fingerprint density at radius 2 is 1.22 bits per heavy atom. The van der Waals surface area contributed by atoms with Gasteiger partial charge in [0.25, 0.3) is 46.4 Å². The van der Waals surface area contributed by atoms with E-state index in [2.05, 4.69) is 41.1 Å². The highest BCUT2D eigenvalue weighted by atomic mass is 32.2. The molecule has 9 N–H and O–H groups in total. The number of phenols is 1. The highest BCUT2D eigenvalue weighted by Crippen LogP contribution is 2.47. The number of ether oxygens (including phenoxy) is 2. The molecule has 380 valence electrons. The molecule has 30 nitrogen and oxygen atoms in total. The number of phenolic OH excluding ortho intramolecular Hbond substituents is 1. The van der Waals surface area contributed by atoms with E-state index in [1.807, 2.05) is 0 Å². The van der Waals surface area contributed by atoms with E-state index in [4.69, 9.17) is 9.47 Å². The van der Waals surface area contributed by atoms with Crippen molar-refractivity contribution in [2.45, 2.75) is 32.5 Å². The first-order valence-corrected chi connectivity index (χ1v) is 25.2. The van der Waals surface area contributed by atoms with Crippen LogP contribution in [0.2, 0.25) is 0 Å². The van der Waals surface area contributed by atoms with Crippen LogP contribution in [-0.2, 0) is 54.9 Å². The summed E-state index contributed by atoms with van der Waals surface area (Å²) in [6.45, 7) is -0.978. The van der Waals surface area contributed by atoms with E-state index >= 15 is 0 Å². The lowest BCUT2D eigenvalue weighted by Gasteiger charge is -2.14. The quantitative estimate of drug-likeness (QED) is 0.0417. The van der Waals surface area contributed by atoms with Crippen molar-refractivity contribution in [1.82, 2.24) is 0 Å². The fourth-order valence-electron chi connectivity index (χ4n) is 6.33. The monoisotopic (exact) mass is 1080 g/mol. The number of nitrogens with one attached hydrogen (secondary N) is 1. The minimum Gasteiger partial charge on any atom is -0.505 e. The Labute approximate surface area is 404 Å². The summed E-state index contributed by atoms with van der Waals surface area (Å²) in [5, 5.41) is 68.0. The van der Waals surface area contributed by atoms with Gasteiger partial charge >= 0.3 is 5.97 Å². The fraction of sp³-hybridized carbons (Fsp3) is 0.158. The number of carbonyl (C=O) groups excluding carboxylic acids is 2. The smallest absolute Gasteiger partial charge is 0.355 e. The lowest BCUT2D eigenvalue weighted by Crippen LogP contribution is -2.33. The average molecular weight is 1080 g/mol. The summed E-state index contributed by atoms with van der Waals surface area (Å²) in [5.74, 6) is -5.54. The third kappa shape index (κ3) is 12.0. The fourth-order valence-corrected chi connectivity index (χ4v) is 8.93. The van der Waals surface area contributed by atoms with Gasteiger partial charge in [0.15, 0.2) is 11.5 Å². The first kappa shape index (κ1) is 53.5. The number of azo groups is 3. The lowest BCUT2D eigenvalue weighted by atomic mass is 10.1.